The molecule has 1 saturated carbocycles. The Morgan fingerprint density at radius 1 is 1.02 bits per heavy atom. The van der Waals surface area contributed by atoms with E-state index in [9.17, 15) is 9.90 Å². The normalized spacial score (nSPS) is 14.2. The molecule has 0 aliphatic heterocycles. The first kappa shape index (κ1) is 25.6. The first-order chi connectivity index (χ1) is 19.5. The first-order valence-corrected chi connectivity index (χ1v) is 13.6. The lowest BCUT2D eigenvalue weighted by Gasteiger charge is -2.19. The van der Waals surface area contributed by atoms with Gasteiger partial charge in [0, 0.05) is 18.0 Å². The number of tetrazole rings is 1. The minimum atomic E-state index is -0.307. The van der Waals surface area contributed by atoms with Crippen LogP contribution >= 0.6 is 0 Å². The minimum Gasteiger partial charge on any atom is -0.491 e. The highest BCUT2D eigenvalue weighted by atomic mass is 16.5. The Labute approximate surface area is 230 Å². The largest absolute Gasteiger partial charge is 0.491 e. The van der Waals surface area contributed by atoms with Crippen molar-refractivity contribution in [3.8, 4) is 34.3 Å². The van der Waals surface area contributed by atoms with Gasteiger partial charge < -0.3 is 14.4 Å². The van der Waals surface area contributed by atoms with Gasteiger partial charge in [-0.3, -0.25) is 4.79 Å². The van der Waals surface area contributed by atoms with Crippen LogP contribution in [0.3, 0.4) is 0 Å². The van der Waals surface area contributed by atoms with E-state index in [-0.39, 0.29) is 29.6 Å². The van der Waals surface area contributed by atoms with Gasteiger partial charge in [-0.1, -0.05) is 81.6 Å². The van der Waals surface area contributed by atoms with Gasteiger partial charge in [-0.15, -0.1) is 15.3 Å². The fourth-order valence-electron chi connectivity index (χ4n) is 5.41. The van der Waals surface area contributed by atoms with Crippen molar-refractivity contribution in [3.05, 3.63) is 59.9 Å². The summed E-state index contributed by atoms with van der Waals surface area (Å²) in [6.07, 6.45) is 4.81. The predicted octanol–water partition coefficient (Wildman–Crippen LogP) is 5.04. The molecular formula is C29H30N8O3. The number of aromatic hydroxyl groups is 1. The van der Waals surface area contributed by atoms with Crippen molar-refractivity contribution in [2.45, 2.75) is 58.4 Å². The second-order valence-corrected chi connectivity index (χ2v) is 10.5. The molecule has 11 nitrogen and oxygen atoms in total. The molecule has 5 aromatic rings. The number of carbonyl (C=O) groups is 1. The zero-order chi connectivity index (χ0) is 27.6. The van der Waals surface area contributed by atoms with Gasteiger partial charge in [0.2, 0.25) is 0 Å². The third kappa shape index (κ3) is 4.90. The lowest BCUT2D eigenvalue weighted by atomic mass is 9.89. The molecule has 2 aromatic carbocycles. The molecule has 0 spiro atoms. The van der Waals surface area contributed by atoms with Gasteiger partial charge in [-0.2, -0.15) is 0 Å². The molecule has 0 saturated heterocycles. The monoisotopic (exact) mass is 538 g/mol. The number of H-pyrrole nitrogens is 1. The minimum absolute atomic E-state index is 0.0374. The maximum atomic E-state index is 12.9. The summed E-state index contributed by atoms with van der Waals surface area (Å²) in [5.41, 5.74) is 4.66. The predicted molar refractivity (Wildman–Crippen MR) is 147 cm³/mol. The Hall–Kier alpha value is -4.67. The molecule has 3 aromatic heterocycles. The molecule has 6 rings (SSSR count). The Morgan fingerprint density at radius 2 is 1.77 bits per heavy atom. The zero-order valence-electron chi connectivity index (χ0n) is 22.4. The van der Waals surface area contributed by atoms with Crippen molar-refractivity contribution in [1.29, 1.82) is 0 Å². The lowest BCUT2D eigenvalue weighted by Crippen LogP contribution is -2.23. The van der Waals surface area contributed by atoms with Crippen LogP contribution < -0.4 is 4.74 Å². The van der Waals surface area contributed by atoms with Crippen molar-refractivity contribution in [3.63, 3.8) is 0 Å². The highest BCUT2D eigenvalue weighted by Gasteiger charge is 2.27. The van der Waals surface area contributed by atoms with E-state index in [2.05, 4.69) is 30.8 Å². The van der Waals surface area contributed by atoms with E-state index < -0.39 is 0 Å². The number of aromatic nitrogens is 8. The molecule has 0 amide bonds. The summed E-state index contributed by atoms with van der Waals surface area (Å²) in [5, 5.41) is 33.0. The Balaban J connectivity index is 1.32. The number of fused-ring (bicyclic) bond motifs is 1. The van der Waals surface area contributed by atoms with Gasteiger partial charge in [0.1, 0.15) is 11.3 Å². The van der Waals surface area contributed by atoms with Crippen LogP contribution in [0.2, 0.25) is 0 Å². The van der Waals surface area contributed by atoms with Crippen molar-refractivity contribution in [2.24, 2.45) is 5.92 Å². The number of hydrogen-bond acceptors (Lipinski definition) is 9. The second kappa shape index (κ2) is 10.8. The van der Waals surface area contributed by atoms with E-state index in [1.165, 1.54) is 0 Å². The van der Waals surface area contributed by atoms with Crippen LogP contribution in [-0.4, -0.2) is 51.4 Å². The van der Waals surface area contributed by atoms with Crippen molar-refractivity contribution >= 4 is 17.0 Å². The average Bonchev–Trinajstić information content (AvgIpc) is 3.65. The summed E-state index contributed by atoms with van der Waals surface area (Å²) in [7, 11) is 0. The molecule has 0 atom stereocenters. The number of esters is 1. The Kier molecular flexibility index (Phi) is 6.93. The molecule has 40 heavy (non-hydrogen) atoms. The van der Waals surface area contributed by atoms with E-state index in [1.54, 1.807) is 0 Å². The number of nitrogens with one attached hydrogen (secondary N) is 1. The van der Waals surface area contributed by atoms with Gasteiger partial charge in [0.15, 0.2) is 11.3 Å². The summed E-state index contributed by atoms with van der Waals surface area (Å²) in [4.78, 5) is 17.6. The quantitative estimate of drug-likeness (QED) is 0.272. The molecule has 1 aliphatic rings. The highest BCUT2D eigenvalue weighted by Crippen LogP contribution is 2.34. The summed E-state index contributed by atoms with van der Waals surface area (Å²) in [6.45, 7) is 4.50. The topological polar surface area (TPSA) is 145 Å². The van der Waals surface area contributed by atoms with E-state index in [0.717, 1.165) is 60.2 Å². The molecule has 1 aliphatic carbocycles. The van der Waals surface area contributed by atoms with Gasteiger partial charge in [-0.25, -0.2) is 10.1 Å². The van der Waals surface area contributed by atoms with E-state index in [4.69, 9.17) is 9.72 Å². The van der Waals surface area contributed by atoms with Crippen molar-refractivity contribution in [1.82, 2.24) is 40.4 Å². The summed E-state index contributed by atoms with van der Waals surface area (Å²) < 4.78 is 7.63. The summed E-state index contributed by atoms with van der Waals surface area (Å²) >= 11 is 0. The van der Waals surface area contributed by atoms with Crippen molar-refractivity contribution < 1.29 is 14.6 Å². The maximum absolute atomic E-state index is 12.9. The number of nitrogens with zero attached hydrogens (tertiary/aromatic N) is 7. The van der Waals surface area contributed by atoms with Crippen LogP contribution in [0.4, 0.5) is 0 Å². The van der Waals surface area contributed by atoms with Crippen LogP contribution in [0.5, 0.6) is 11.8 Å². The number of ether oxygens (including phenoxy) is 1. The summed E-state index contributed by atoms with van der Waals surface area (Å²) in [6, 6.07) is 16.1. The number of benzene rings is 2. The second-order valence-electron chi connectivity index (χ2n) is 10.5. The van der Waals surface area contributed by atoms with Crippen LogP contribution in [0.15, 0.2) is 48.5 Å². The molecule has 1 fully saturated rings. The smallest absolute Gasteiger partial charge is 0.315 e. The van der Waals surface area contributed by atoms with Gasteiger partial charge >= 0.3 is 5.97 Å². The lowest BCUT2D eigenvalue weighted by molar-refractivity contribution is -0.140. The number of aromatic amines is 1. The number of carbonyl (C=O) groups excluding carboxylic acids is 1. The fourth-order valence-corrected chi connectivity index (χ4v) is 5.41. The van der Waals surface area contributed by atoms with Crippen LogP contribution in [-0.2, 0) is 11.3 Å². The molecule has 2 N–H and O–H groups in total. The van der Waals surface area contributed by atoms with Crippen LogP contribution in [0.1, 0.15) is 63.3 Å². The van der Waals surface area contributed by atoms with Crippen molar-refractivity contribution in [2.75, 3.05) is 0 Å². The number of hydrogen-bond donors (Lipinski definition) is 2. The highest BCUT2D eigenvalue weighted by molar-refractivity contribution is 5.87. The number of imidazole rings is 1. The van der Waals surface area contributed by atoms with E-state index in [1.807, 2.05) is 66.9 Å². The van der Waals surface area contributed by atoms with Gasteiger partial charge in [0.05, 0.1) is 5.92 Å². The van der Waals surface area contributed by atoms with Gasteiger partial charge in [0.25, 0.3) is 11.8 Å². The van der Waals surface area contributed by atoms with Gasteiger partial charge in [-0.05, 0) is 40.0 Å². The van der Waals surface area contributed by atoms with Crippen LogP contribution in [0, 0.1) is 5.92 Å². The Morgan fingerprint density at radius 3 is 2.48 bits per heavy atom. The fraction of sp³-hybridized carbons (Fsp3) is 0.345. The zero-order valence-corrected chi connectivity index (χ0v) is 22.4. The average molecular weight is 539 g/mol. The molecule has 11 heteroatoms. The summed E-state index contributed by atoms with van der Waals surface area (Å²) in [5.74, 6) is 0.713. The maximum Gasteiger partial charge on any atom is 0.315 e. The third-order valence-corrected chi connectivity index (χ3v) is 7.43. The molecule has 3 heterocycles. The van der Waals surface area contributed by atoms with Crippen LogP contribution in [0.25, 0.3) is 33.5 Å². The standard InChI is InChI=1S/C29H30N8O3/c1-17(2)26-30-23-24(27(38)33-34-28(23)40-29(39)20-8-4-3-5-9-20)37(26)16-18-12-14-19(15-13-18)21-10-6-7-11-22(21)25-31-35-36-32-25/h6-7,10-15,17,20H,3-5,8-9,16H2,1-2H3,(H,33,38)(H,31,32,35,36). The molecule has 204 valence electrons. The Bertz CT molecular complexity index is 1640. The molecule has 0 radical (unpaired) electrons. The SMILES string of the molecule is CC(C)c1nc2c(OC(=O)C3CCCCC3)nnc(O)c2n1Cc1ccc(-c2ccccc2-c2nnn[nH]2)cc1. The third-order valence-electron chi connectivity index (χ3n) is 7.43. The number of rotatable bonds is 7. The first-order valence-electron chi connectivity index (χ1n) is 13.6. The molecule has 0 bridgehead atoms. The molecule has 0 unspecified atom stereocenters. The van der Waals surface area contributed by atoms with E-state index >= 15 is 0 Å². The van der Waals surface area contributed by atoms with E-state index in [0.29, 0.717) is 23.4 Å². The molecular weight excluding hydrogens is 508 g/mol.